The Bertz CT molecular complexity index is 337. The van der Waals surface area contributed by atoms with Crippen LogP contribution in [0.4, 0.5) is 0 Å². The van der Waals surface area contributed by atoms with Gasteiger partial charge in [0, 0.05) is 19.4 Å². The van der Waals surface area contributed by atoms with Gasteiger partial charge < -0.3 is 19.3 Å². The molecule has 0 atom stereocenters. The highest BCUT2D eigenvalue weighted by atomic mass is 16.5. The lowest BCUT2D eigenvalue weighted by molar-refractivity contribution is 0.0714. The molecule has 6 nitrogen and oxygen atoms in total. The first-order chi connectivity index (χ1) is 8.90. The molecule has 0 spiro atoms. The number of hydrogen-bond acceptors (Lipinski definition) is 6. The Hall–Kier alpha value is -0.980. The van der Waals surface area contributed by atoms with Gasteiger partial charge in [-0.2, -0.15) is 4.98 Å². The van der Waals surface area contributed by atoms with Gasteiger partial charge in [0.15, 0.2) is 5.82 Å². The van der Waals surface area contributed by atoms with Gasteiger partial charge in [-0.25, -0.2) is 0 Å². The van der Waals surface area contributed by atoms with Gasteiger partial charge in [0.1, 0.15) is 0 Å². The van der Waals surface area contributed by atoms with Gasteiger partial charge in [0.25, 0.3) is 0 Å². The molecule has 6 heteroatoms. The molecule has 1 aromatic heterocycles. The molecule has 1 aliphatic heterocycles. The van der Waals surface area contributed by atoms with Gasteiger partial charge in [-0.3, -0.25) is 0 Å². The number of methoxy groups -OCH3 is 1. The summed E-state index contributed by atoms with van der Waals surface area (Å²) in [6, 6.07) is 0. The summed E-state index contributed by atoms with van der Waals surface area (Å²) in [5.41, 5.74) is 0. The van der Waals surface area contributed by atoms with Crippen LogP contribution >= 0.6 is 0 Å². The number of ether oxygens (including phenoxy) is 2. The van der Waals surface area contributed by atoms with Gasteiger partial charge in [0.05, 0.1) is 19.8 Å². The van der Waals surface area contributed by atoms with E-state index in [1.165, 1.54) is 0 Å². The summed E-state index contributed by atoms with van der Waals surface area (Å²) in [7, 11) is 1.66. The van der Waals surface area contributed by atoms with Gasteiger partial charge in [0.2, 0.25) is 5.89 Å². The lowest BCUT2D eigenvalue weighted by Gasteiger charge is -2.18. The van der Waals surface area contributed by atoms with E-state index in [1.54, 1.807) is 7.11 Å². The predicted molar refractivity (Wildman–Crippen MR) is 65.5 cm³/mol. The minimum Gasteiger partial charge on any atom is -0.382 e. The third-order valence-electron chi connectivity index (χ3n) is 3.07. The molecule has 102 valence electrons. The molecular weight excluding hydrogens is 234 g/mol. The van der Waals surface area contributed by atoms with Crippen molar-refractivity contribution in [3.8, 4) is 0 Å². The first-order valence-corrected chi connectivity index (χ1v) is 6.50. The van der Waals surface area contributed by atoms with Crippen LogP contribution < -0.4 is 5.32 Å². The summed E-state index contributed by atoms with van der Waals surface area (Å²) in [6.45, 7) is 3.89. The van der Waals surface area contributed by atoms with Crippen molar-refractivity contribution in [2.75, 3.05) is 40.0 Å². The van der Waals surface area contributed by atoms with E-state index in [0.717, 1.165) is 37.6 Å². The Morgan fingerprint density at radius 2 is 2.11 bits per heavy atom. The number of piperidine rings is 1. The third kappa shape index (κ3) is 4.04. The van der Waals surface area contributed by atoms with Crippen molar-refractivity contribution in [3.05, 3.63) is 11.7 Å². The fourth-order valence-electron chi connectivity index (χ4n) is 2.01. The van der Waals surface area contributed by atoms with Crippen LogP contribution in [0.1, 0.15) is 30.5 Å². The number of rotatable bonds is 7. The predicted octanol–water partition coefficient (Wildman–Crippen LogP) is 0.742. The second-order valence-electron chi connectivity index (χ2n) is 4.43. The third-order valence-corrected chi connectivity index (χ3v) is 3.07. The van der Waals surface area contributed by atoms with Crippen LogP contribution in [0.3, 0.4) is 0 Å². The summed E-state index contributed by atoms with van der Waals surface area (Å²) in [5, 5.41) is 7.31. The fraction of sp³-hybridized carbons (Fsp3) is 0.833. The van der Waals surface area contributed by atoms with E-state index < -0.39 is 0 Å². The van der Waals surface area contributed by atoms with Gasteiger partial charge in [-0.1, -0.05) is 5.16 Å². The topological polar surface area (TPSA) is 69.4 Å². The Labute approximate surface area is 107 Å². The molecule has 2 rings (SSSR count). The van der Waals surface area contributed by atoms with Crippen molar-refractivity contribution in [1.82, 2.24) is 15.5 Å². The standard InChI is InChI=1S/C12H21N3O3/c1-16-8-9-17-7-4-11-14-12(18-15-11)10-2-5-13-6-3-10/h10,13H,2-9H2,1H3. The smallest absolute Gasteiger partial charge is 0.229 e. The molecule has 0 saturated carbocycles. The summed E-state index contributed by atoms with van der Waals surface area (Å²) < 4.78 is 15.6. The molecular formula is C12H21N3O3. The van der Waals surface area contributed by atoms with Crippen molar-refractivity contribution in [2.45, 2.75) is 25.2 Å². The van der Waals surface area contributed by atoms with E-state index in [2.05, 4.69) is 15.5 Å². The van der Waals surface area contributed by atoms with Crippen molar-refractivity contribution >= 4 is 0 Å². The van der Waals surface area contributed by atoms with Crippen molar-refractivity contribution < 1.29 is 14.0 Å². The molecule has 1 fully saturated rings. The molecule has 0 bridgehead atoms. The minimum absolute atomic E-state index is 0.418. The van der Waals surface area contributed by atoms with E-state index >= 15 is 0 Å². The molecule has 1 saturated heterocycles. The van der Waals surface area contributed by atoms with Gasteiger partial charge >= 0.3 is 0 Å². The Morgan fingerprint density at radius 3 is 2.89 bits per heavy atom. The highest BCUT2D eigenvalue weighted by Crippen LogP contribution is 2.23. The summed E-state index contributed by atoms with van der Waals surface area (Å²) in [4.78, 5) is 4.43. The van der Waals surface area contributed by atoms with Crippen LogP contribution in [-0.4, -0.2) is 50.2 Å². The highest BCUT2D eigenvalue weighted by molar-refractivity contribution is 4.96. The van der Waals surface area contributed by atoms with Gasteiger partial charge in [-0.15, -0.1) is 0 Å². The van der Waals surface area contributed by atoms with E-state index in [0.29, 0.717) is 32.2 Å². The molecule has 2 heterocycles. The molecule has 18 heavy (non-hydrogen) atoms. The maximum Gasteiger partial charge on any atom is 0.229 e. The van der Waals surface area contributed by atoms with Crippen LogP contribution in [0.25, 0.3) is 0 Å². The van der Waals surface area contributed by atoms with Crippen LogP contribution in [-0.2, 0) is 15.9 Å². The SMILES string of the molecule is COCCOCCc1noc(C2CCNCC2)n1. The summed E-state index contributed by atoms with van der Waals surface area (Å²) in [6.07, 6.45) is 2.84. The lowest BCUT2D eigenvalue weighted by atomic mass is 9.98. The average Bonchev–Trinajstić information content (AvgIpc) is 2.88. The quantitative estimate of drug-likeness (QED) is 0.725. The maximum atomic E-state index is 5.38. The normalized spacial score (nSPS) is 17.2. The molecule has 1 aliphatic rings. The number of aromatic nitrogens is 2. The molecule has 0 aliphatic carbocycles. The van der Waals surface area contributed by atoms with Crippen LogP contribution in [0, 0.1) is 0 Å². The molecule has 0 radical (unpaired) electrons. The second-order valence-corrected chi connectivity index (χ2v) is 4.43. The molecule has 0 unspecified atom stereocenters. The maximum absolute atomic E-state index is 5.38. The first-order valence-electron chi connectivity index (χ1n) is 6.50. The molecule has 1 aromatic rings. The fourth-order valence-corrected chi connectivity index (χ4v) is 2.01. The molecule has 0 amide bonds. The van der Waals surface area contributed by atoms with E-state index in [9.17, 15) is 0 Å². The van der Waals surface area contributed by atoms with Crippen molar-refractivity contribution in [2.24, 2.45) is 0 Å². The Kier molecular flexibility index (Phi) is 5.57. The monoisotopic (exact) mass is 255 g/mol. The summed E-state index contributed by atoms with van der Waals surface area (Å²) in [5.74, 6) is 1.94. The second kappa shape index (κ2) is 7.45. The number of nitrogens with one attached hydrogen (secondary N) is 1. The van der Waals surface area contributed by atoms with E-state index in [1.807, 2.05) is 0 Å². The zero-order chi connectivity index (χ0) is 12.6. The zero-order valence-electron chi connectivity index (χ0n) is 10.9. The molecule has 0 aromatic carbocycles. The number of nitrogens with zero attached hydrogens (tertiary/aromatic N) is 2. The van der Waals surface area contributed by atoms with E-state index in [-0.39, 0.29) is 0 Å². The largest absolute Gasteiger partial charge is 0.382 e. The first kappa shape index (κ1) is 13.5. The Morgan fingerprint density at radius 1 is 1.28 bits per heavy atom. The van der Waals surface area contributed by atoms with Crippen molar-refractivity contribution in [3.63, 3.8) is 0 Å². The van der Waals surface area contributed by atoms with Gasteiger partial charge in [-0.05, 0) is 25.9 Å². The number of hydrogen-bond donors (Lipinski definition) is 1. The van der Waals surface area contributed by atoms with Crippen LogP contribution in [0.2, 0.25) is 0 Å². The molecule has 1 N–H and O–H groups in total. The highest BCUT2D eigenvalue weighted by Gasteiger charge is 2.21. The average molecular weight is 255 g/mol. The lowest BCUT2D eigenvalue weighted by Crippen LogP contribution is -2.26. The Balaban J connectivity index is 1.72. The van der Waals surface area contributed by atoms with Crippen LogP contribution in [0.15, 0.2) is 4.52 Å². The van der Waals surface area contributed by atoms with E-state index in [4.69, 9.17) is 14.0 Å². The zero-order valence-corrected chi connectivity index (χ0v) is 10.9. The van der Waals surface area contributed by atoms with Crippen molar-refractivity contribution in [1.29, 1.82) is 0 Å². The minimum atomic E-state index is 0.418. The van der Waals surface area contributed by atoms with Crippen LogP contribution in [0.5, 0.6) is 0 Å². The summed E-state index contributed by atoms with van der Waals surface area (Å²) >= 11 is 0.